The number of aliphatic hydroxyl groups excluding tert-OH is 2. The highest BCUT2D eigenvalue weighted by Gasteiger charge is 2.30. The lowest BCUT2D eigenvalue weighted by Crippen LogP contribution is -2.30. The van der Waals surface area contributed by atoms with Gasteiger partial charge < -0.3 is 34.7 Å². The molecule has 0 radical (unpaired) electrons. The number of amides is 1. The van der Waals surface area contributed by atoms with Gasteiger partial charge in [0.05, 0.1) is 25.4 Å². The van der Waals surface area contributed by atoms with Crippen LogP contribution < -0.4 is 15.2 Å². The number of aliphatic carboxylic acids is 1. The smallest absolute Gasteiger partial charge is 0.269 e. The van der Waals surface area contributed by atoms with Gasteiger partial charge in [-0.2, -0.15) is 0 Å². The van der Waals surface area contributed by atoms with Crippen molar-refractivity contribution in [3.63, 3.8) is 0 Å². The summed E-state index contributed by atoms with van der Waals surface area (Å²) < 4.78 is 35.2. The number of carbonyl (C=O) groups excluding carboxylic acids is 2. The lowest BCUT2D eigenvalue weighted by molar-refractivity contribution is -0.307. The summed E-state index contributed by atoms with van der Waals surface area (Å²) >= 11 is 0. The quantitative estimate of drug-likeness (QED) is 0.181. The van der Waals surface area contributed by atoms with Crippen LogP contribution in [0.15, 0.2) is 78.9 Å². The number of aromatic nitrogens is 1. The SMILES string of the molecule is COc1ccc([C@@H](C)NC(=O)c2c(-c3ccc(F)cc3)c(-c3ccc(F)cc3)c(/C=C/[C@@H](O)C[C@@H](O)CC(=O)[O-])n2C(C)C)cc1. The standard InChI is InChI=1S/C36H38F2N2O6/c1-21(2)40-31(18-15-28(41)19-29(42)20-32(43)44)33(24-5-11-26(37)12-6-24)34(25-7-13-27(38)14-8-25)35(40)36(45)39-22(3)23-9-16-30(46-4)17-10-23/h5-18,21-22,28-29,41-42H,19-20H2,1-4H3,(H,39,45)(H,43,44)/p-1/b18-15+/t22-,28-,29-/m1/s1. The fourth-order valence-electron chi connectivity index (χ4n) is 5.41. The van der Waals surface area contributed by atoms with E-state index in [1.54, 1.807) is 54.2 Å². The van der Waals surface area contributed by atoms with E-state index in [1.165, 1.54) is 30.3 Å². The van der Waals surface area contributed by atoms with E-state index in [9.17, 15) is 33.7 Å². The number of benzene rings is 3. The highest BCUT2D eigenvalue weighted by molar-refractivity contribution is 6.06. The molecule has 0 spiro atoms. The largest absolute Gasteiger partial charge is 0.550 e. The number of aliphatic hydroxyl groups is 2. The summed E-state index contributed by atoms with van der Waals surface area (Å²) in [5.74, 6) is -2.13. The minimum atomic E-state index is -1.44. The minimum Gasteiger partial charge on any atom is -0.550 e. The highest BCUT2D eigenvalue weighted by atomic mass is 19.1. The molecule has 3 N–H and O–H groups in total. The Morgan fingerprint density at radius 3 is 1.93 bits per heavy atom. The van der Waals surface area contributed by atoms with E-state index in [-0.39, 0.29) is 18.2 Å². The number of carboxylic acid groups (broad SMARTS) is 1. The summed E-state index contributed by atoms with van der Waals surface area (Å²) in [6.45, 7) is 5.60. The normalized spacial score (nSPS) is 13.5. The molecule has 0 saturated carbocycles. The van der Waals surface area contributed by atoms with Crippen molar-refractivity contribution in [1.29, 1.82) is 0 Å². The fraction of sp³-hybridized carbons (Fsp3) is 0.278. The molecule has 0 aliphatic carbocycles. The molecule has 242 valence electrons. The highest BCUT2D eigenvalue weighted by Crippen LogP contribution is 2.43. The lowest BCUT2D eigenvalue weighted by Gasteiger charge is -2.20. The molecule has 46 heavy (non-hydrogen) atoms. The van der Waals surface area contributed by atoms with Crippen LogP contribution in [0.25, 0.3) is 28.3 Å². The zero-order chi connectivity index (χ0) is 33.5. The van der Waals surface area contributed by atoms with Gasteiger partial charge in [-0.15, -0.1) is 0 Å². The van der Waals surface area contributed by atoms with Gasteiger partial charge in [-0.3, -0.25) is 4.79 Å². The molecular weight excluding hydrogens is 594 g/mol. The molecule has 1 aromatic heterocycles. The Labute approximate surface area is 266 Å². The maximum absolute atomic E-state index is 14.3. The average molecular weight is 632 g/mol. The first-order chi connectivity index (χ1) is 21.9. The third-order valence-electron chi connectivity index (χ3n) is 7.60. The first-order valence-corrected chi connectivity index (χ1v) is 14.9. The second-order valence-corrected chi connectivity index (χ2v) is 11.3. The molecule has 0 aliphatic rings. The molecule has 3 atom stereocenters. The summed E-state index contributed by atoms with van der Waals surface area (Å²) in [5.41, 5.74) is 3.65. The van der Waals surface area contributed by atoms with Crippen LogP contribution in [-0.4, -0.2) is 46.0 Å². The van der Waals surface area contributed by atoms with E-state index < -0.39 is 48.2 Å². The predicted octanol–water partition coefficient (Wildman–Crippen LogP) is 5.45. The number of carboxylic acids is 1. The van der Waals surface area contributed by atoms with Crippen molar-refractivity contribution in [1.82, 2.24) is 9.88 Å². The molecule has 0 aliphatic heterocycles. The van der Waals surface area contributed by atoms with E-state index in [4.69, 9.17) is 4.74 Å². The molecular formula is C36H37F2N2O6-. The number of hydrogen-bond acceptors (Lipinski definition) is 6. The number of carbonyl (C=O) groups is 2. The van der Waals surface area contributed by atoms with Gasteiger partial charge in [0, 0.05) is 41.7 Å². The van der Waals surface area contributed by atoms with Crippen molar-refractivity contribution in [3.05, 3.63) is 107 Å². The average Bonchev–Trinajstić information content (AvgIpc) is 3.36. The maximum atomic E-state index is 14.3. The molecule has 8 nitrogen and oxygen atoms in total. The van der Waals surface area contributed by atoms with Crippen LogP contribution >= 0.6 is 0 Å². The predicted molar refractivity (Wildman–Crippen MR) is 170 cm³/mol. The molecule has 1 amide bonds. The molecule has 4 rings (SSSR count). The Bertz CT molecular complexity index is 1680. The Balaban J connectivity index is 1.93. The third-order valence-corrected chi connectivity index (χ3v) is 7.60. The van der Waals surface area contributed by atoms with E-state index in [0.717, 1.165) is 5.56 Å². The molecule has 10 heteroatoms. The number of hydrogen-bond donors (Lipinski definition) is 3. The number of methoxy groups -OCH3 is 1. The van der Waals surface area contributed by atoms with Crippen molar-refractivity contribution in [2.45, 2.75) is 57.9 Å². The number of nitrogens with one attached hydrogen (secondary N) is 1. The van der Waals surface area contributed by atoms with Crippen LogP contribution in [0.5, 0.6) is 5.75 Å². The van der Waals surface area contributed by atoms with Crippen LogP contribution in [-0.2, 0) is 4.79 Å². The van der Waals surface area contributed by atoms with Crippen molar-refractivity contribution >= 4 is 18.0 Å². The van der Waals surface area contributed by atoms with Gasteiger partial charge in [-0.05, 0) is 79.9 Å². The van der Waals surface area contributed by atoms with Crippen molar-refractivity contribution in [2.75, 3.05) is 7.11 Å². The summed E-state index contributed by atoms with van der Waals surface area (Å²) in [5, 5.41) is 34.7. The first-order valence-electron chi connectivity index (χ1n) is 14.9. The van der Waals surface area contributed by atoms with Gasteiger partial charge >= 0.3 is 0 Å². The van der Waals surface area contributed by atoms with Crippen molar-refractivity contribution < 1.29 is 38.4 Å². The van der Waals surface area contributed by atoms with Crippen LogP contribution in [0, 0.1) is 11.6 Å². The van der Waals surface area contributed by atoms with Crippen molar-refractivity contribution in [2.24, 2.45) is 0 Å². The molecule has 0 bridgehead atoms. The first kappa shape index (κ1) is 34.1. The minimum absolute atomic E-state index is 0.257. The van der Waals surface area contributed by atoms with Gasteiger partial charge in [0.25, 0.3) is 5.91 Å². The topological polar surface area (TPSA) is 124 Å². The molecule has 0 saturated heterocycles. The molecule has 3 aromatic carbocycles. The van der Waals surface area contributed by atoms with Crippen LogP contribution in [0.2, 0.25) is 0 Å². The van der Waals surface area contributed by atoms with Gasteiger partial charge in [-0.1, -0.05) is 42.5 Å². The Kier molecular flexibility index (Phi) is 11.1. The number of halogens is 2. The van der Waals surface area contributed by atoms with Crippen LogP contribution in [0.3, 0.4) is 0 Å². The van der Waals surface area contributed by atoms with E-state index in [2.05, 4.69) is 5.32 Å². The van der Waals surface area contributed by atoms with Gasteiger partial charge in [0.2, 0.25) is 0 Å². The van der Waals surface area contributed by atoms with E-state index >= 15 is 0 Å². The summed E-state index contributed by atoms with van der Waals surface area (Å²) in [4.78, 5) is 25.2. The zero-order valence-corrected chi connectivity index (χ0v) is 26.0. The Morgan fingerprint density at radius 2 is 1.43 bits per heavy atom. The zero-order valence-electron chi connectivity index (χ0n) is 26.0. The molecule has 4 aromatic rings. The lowest BCUT2D eigenvalue weighted by atomic mass is 9.94. The number of rotatable bonds is 13. The number of nitrogens with zero attached hydrogens (tertiary/aromatic N) is 1. The monoisotopic (exact) mass is 631 g/mol. The molecule has 1 heterocycles. The summed E-state index contributed by atoms with van der Waals surface area (Å²) in [7, 11) is 1.57. The molecule has 0 unspecified atom stereocenters. The summed E-state index contributed by atoms with van der Waals surface area (Å²) in [6.07, 6.45) is -0.501. The van der Waals surface area contributed by atoms with E-state index in [1.807, 2.05) is 32.9 Å². The summed E-state index contributed by atoms with van der Waals surface area (Å²) in [6, 6.07) is 18.0. The van der Waals surface area contributed by atoms with Gasteiger partial charge in [0.1, 0.15) is 23.1 Å². The van der Waals surface area contributed by atoms with Crippen LogP contribution in [0.4, 0.5) is 8.78 Å². The molecule has 0 fully saturated rings. The van der Waals surface area contributed by atoms with E-state index in [0.29, 0.717) is 33.7 Å². The van der Waals surface area contributed by atoms with Gasteiger partial charge in [0.15, 0.2) is 0 Å². The Hall–Kier alpha value is -4.80. The second kappa shape index (κ2) is 15.0. The Morgan fingerprint density at radius 1 is 0.891 bits per heavy atom. The second-order valence-electron chi connectivity index (χ2n) is 11.3. The van der Waals surface area contributed by atoms with Crippen LogP contribution in [0.1, 0.15) is 67.4 Å². The van der Waals surface area contributed by atoms with Crippen molar-refractivity contribution in [3.8, 4) is 28.0 Å². The maximum Gasteiger partial charge on any atom is 0.269 e. The van der Waals surface area contributed by atoms with Gasteiger partial charge in [-0.25, -0.2) is 8.78 Å². The third kappa shape index (κ3) is 8.07. The number of ether oxygens (including phenoxy) is 1. The fourth-order valence-corrected chi connectivity index (χ4v) is 5.41.